The molecule has 0 saturated carbocycles. The number of aromatic nitrogens is 1. The first kappa shape index (κ1) is 13.9. The fraction of sp³-hybridized carbons (Fsp3) is 0.500. The summed E-state index contributed by atoms with van der Waals surface area (Å²) in [5.41, 5.74) is 6.55. The van der Waals surface area contributed by atoms with E-state index in [0.717, 1.165) is 24.9 Å². The van der Waals surface area contributed by atoms with Gasteiger partial charge in [0.1, 0.15) is 0 Å². The largest absolute Gasteiger partial charge is 0.336 e. The number of carbonyl (C=O) groups excluding carboxylic acids is 1. The second-order valence-corrected chi connectivity index (χ2v) is 4.07. The van der Waals surface area contributed by atoms with Crippen molar-refractivity contribution in [3.05, 3.63) is 30.1 Å². The number of amides is 1. The molecular weight excluding hydrogens is 238 g/mol. The summed E-state index contributed by atoms with van der Waals surface area (Å²) in [6, 6.07) is 4.15. The van der Waals surface area contributed by atoms with Gasteiger partial charge in [-0.1, -0.05) is 6.07 Å². The summed E-state index contributed by atoms with van der Waals surface area (Å²) in [6.45, 7) is 1.27. The minimum Gasteiger partial charge on any atom is -0.336 e. The van der Waals surface area contributed by atoms with Crippen LogP contribution in [0.1, 0.15) is 30.9 Å². The van der Waals surface area contributed by atoms with Crippen molar-refractivity contribution in [1.82, 2.24) is 9.88 Å². The summed E-state index contributed by atoms with van der Waals surface area (Å²) >= 11 is 0. The van der Waals surface area contributed by atoms with Crippen LogP contribution in [0.4, 0.5) is 0 Å². The number of likely N-dealkylation sites (tertiary alicyclic amines) is 1. The number of pyridine rings is 1. The molecule has 17 heavy (non-hydrogen) atoms. The third kappa shape index (κ3) is 3.17. The van der Waals surface area contributed by atoms with E-state index in [1.165, 1.54) is 0 Å². The summed E-state index contributed by atoms with van der Waals surface area (Å²) in [7, 11) is 0. The van der Waals surface area contributed by atoms with E-state index in [-0.39, 0.29) is 24.4 Å². The van der Waals surface area contributed by atoms with Crippen LogP contribution >= 0.6 is 12.4 Å². The van der Waals surface area contributed by atoms with E-state index in [0.29, 0.717) is 13.0 Å². The van der Waals surface area contributed by atoms with Crippen LogP contribution in [0.25, 0.3) is 0 Å². The van der Waals surface area contributed by atoms with Gasteiger partial charge in [-0.3, -0.25) is 9.78 Å². The summed E-state index contributed by atoms with van der Waals surface area (Å²) in [5.74, 6) is 0.161. The molecule has 1 aromatic heterocycles. The molecule has 5 heteroatoms. The lowest BCUT2D eigenvalue weighted by Gasteiger charge is -2.24. The summed E-state index contributed by atoms with van der Waals surface area (Å²) in [6.07, 6.45) is 6.14. The van der Waals surface area contributed by atoms with Crippen LogP contribution < -0.4 is 5.73 Å². The Kier molecular flexibility index (Phi) is 5.38. The van der Waals surface area contributed by atoms with Gasteiger partial charge in [0.15, 0.2) is 0 Å². The Morgan fingerprint density at radius 2 is 2.41 bits per heavy atom. The molecule has 2 heterocycles. The third-order valence-electron chi connectivity index (χ3n) is 3.00. The second kappa shape index (κ2) is 6.57. The number of nitrogens with two attached hydrogens (primary N) is 1. The van der Waals surface area contributed by atoms with Crippen molar-refractivity contribution in [2.24, 2.45) is 5.73 Å². The molecule has 0 radical (unpaired) electrons. The van der Waals surface area contributed by atoms with Gasteiger partial charge in [-0.2, -0.15) is 0 Å². The van der Waals surface area contributed by atoms with Crippen LogP contribution in [-0.4, -0.2) is 28.9 Å². The molecule has 1 saturated heterocycles. The van der Waals surface area contributed by atoms with Crippen LogP contribution in [0.15, 0.2) is 24.5 Å². The molecule has 0 aliphatic carbocycles. The molecule has 0 spiro atoms. The van der Waals surface area contributed by atoms with E-state index in [4.69, 9.17) is 5.73 Å². The maximum Gasteiger partial charge on any atom is 0.224 e. The summed E-state index contributed by atoms with van der Waals surface area (Å²) < 4.78 is 0. The SMILES string of the molecule is Cl.NCCC(=O)N1CCCC1c1cccnc1. The standard InChI is InChI=1S/C12H17N3O.ClH/c13-6-5-12(16)15-8-2-4-11(15)10-3-1-7-14-9-10;/h1,3,7,9,11H,2,4-6,8,13H2;1H. The van der Waals surface area contributed by atoms with Gasteiger partial charge in [0.05, 0.1) is 6.04 Å². The first-order chi connectivity index (χ1) is 7.83. The molecular formula is C12H18ClN3O. The van der Waals surface area contributed by atoms with Crippen molar-refractivity contribution in [2.45, 2.75) is 25.3 Å². The van der Waals surface area contributed by atoms with Gasteiger partial charge >= 0.3 is 0 Å². The van der Waals surface area contributed by atoms with E-state index in [1.54, 1.807) is 6.20 Å². The van der Waals surface area contributed by atoms with E-state index in [1.807, 2.05) is 23.2 Å². The molecule has 1 aliphatic rings. The highest BCUT2D eigenvalue weighted by Crippen LogP contribution is 2.31. The summed E-state index contributed by atoms with van der Waals surface area (Å²) in [4.78, 5) is 17.9. The molecule has 94 valence electrons. The molecule has 2 rings (SSSR count). The highest BCUT2D eigenvalue weighted by Gasteiger charge is 2.29. The predicted molar refractivity (Wildman–Crippen MR) is 68.8 cm³/mol. The normalized spacial score (nSPS) is 18.9. The molecule has 4 nitrogen and oxygen atoms in total. The maximum absolute atomic E-state index is 11.9. The molecule has 0 bridgehead atoms. The van der Waals surface area contributed by atoms with Crippen molar-refractivity contribution >= 4 is 18.3 Å². The van der Waals surface area contributed by atoms with Gasteiger partial charge in [0.25, 0.3) is 0 Å². The molecule has 2 N–H and O–H groups in total. The number of hydrogen-bond acceptors (Lipinski definition) is 3. The first-order valence-corrected chi connectivity index (χ1v) is 5.72. The zero-order valence-corrected chi connectivity index (χ0v) is 10.5. The smallest absolute Gasteiger partial charge is 0.224 e. The average molecular weight is 256 g/mol. The monoisotopic (exact) mass is 255 g/mol. The summed E-state index contributed by atoms with van der Waals surface area (Å²) in [5, 5.41) is 0. The van der Waals surface area contributed by atoms with Gasteiger partial charge in [-0.15, -0.1) is 12.4 Å². The second-order valence-electron chi connectivity index (χ2n) is 4.07. The van der Waals surface area contributed by atoms with E-state index in [9.17, 15) is 4.79 Å². The predicted octanol–water partition coefficient (Wildman–Crippen LogP) is 1.52. The van der Waals surface area contributed by atoms with Crippen molar-refractivity contribution in [3.63, 3.8) is 0 Å². The Morgan fingerprint density at radius 1 is 1.59 bits per heavy atom. The Hall–Kier alpha value is -1.13. The Bertz CT molecular complexity index is 358. The van der Waals surface area contributed by atoms with Gasteiger partial charge in [-0.05, 0) is 24.5 Å². The maximum atomic E-state index is 11.9. The van der Waals surface area contributed by atoms with Crippen LogP contribution in [0, 0.1) is 0 Å². The number of hydrogen-bond donors (Lipinski definition) is 1. The molecule has 1 fully saturated rings. The van der Waals surface area contributed by atoms with Crippen LogP contribution in [-0.2, 0) is 4.79 Å². The third-order valence-corrected chi connectivity index (χ3v) is 3.00. The van der Waals surface area contributed by atoms with E-state index >= 15 is 0 Å². The highest BCUT2D eigenvalue weighted by molar-refractivity contribution is 5.85. The van der Waals surface area contributed by atoms with Gasteiger partial charge in [0.2, 0.25) is 5.91 Å². The molecule has 1 unspecified atom stereocenters. The minimum atomic E-state index is 0. The molecule has 1 aromatic rings. The van der Waals surface area contributed by atoms with Crippen molar-refractivity contribution < 1.29 is 4.79 Å². The molecule has 1 aliphatic heterocycles. The highest BCUT2D eigenvalue weighted by atomic mass is 35.5. The zero-order chi connectivity index (χ0) is 11.4. The van der Waals surface area contributed by atoms with Crippen LogP contribution in [0.2, 0.25) is 0 Å². The fourth-order valence-electron chi connectivity index (χ4n) is 2.25. The van der Waals surface area contributed by atoms with Gasteiger partial charge in [0, 0.05) is 31.9 Å². The topological polar surface area (TPSA) is 59.2 Å². The zero-order valence-electron chi connectivity index (χ0n) is 9.71. The minimum absolute atomic E-state index is 0. The lowest BCUT2D eigenvalue weighted by atomic mass is 10.1. The fourth-order valence-corrected chi connectivity index (χ4v) is 2.25. The van der Waals surface area contributed by atoms with E-state index in [2.05, 4.69) is 4.98 Å². The Labute approximate surface area is 108 Å². The van der Waals surface area contributed by atoms with Crippen LogP contribution in [0.5, 0.6) is 0 Å². The van der Waals surface area contributed by atoms with Crippen molar-refractivity contribution in [2.75, 3.05) is 13.1 Å². The average Bonchev–Trinajstić information content (AvgIpc) is 2.79. The van der Waals surface area contributed by atoms with Gasteiger partial charge < -0.3 is 10.6 Å². The number of halogens is 1. The van der Waals surface area contributed by atoms with Crippen molar-refractivity contribution in [3.8, 4) is 0 Å². The first-order valence-electron chi connectivity index (χ1n) is 5.72. The molecule has 0 aromatic carbocycles. The van der Waals surface area contributed by atoms with Crippen molar-refractivity contribution in [1.29, 1.82) is 0 Å². The lowest BCUT2D eigenvalue weighted by molar-refractivity contribution is -0.131. The Morgan fingerprint density at radius 3 is 3.06 bits per heavy atom. The number of carbonyl (C=O) groups is 1. The number of nitrogens with zero attached hydrogens (tertiary/aromatic N) is 2. The number of rotatable bonds is 3. The molecule has 1 atom stereocenters. The van der Waals surface area contributed by atoms with Gasteiger partial charge in [-0.25, -0.2) is 0 Å². The van der Waals surface area contributed by atoms with Crippen LogP contribution in [0.3, 0.4) is 0 Å². The van der Waals surface area contributed by atoms with E-state index < -0.39 is 0 Å². The molecule has 1 amide bonds. The Balaban J connectivity index is 0.00000144. The lowest BCUT2D eigenvalue weighted by Crippen LogP contribution is -2.31. The quantitative estimate of drug-likeness (QED) is 0.891.